The zero-order valence-electron chi connectivity index (χ0n) is 44.6. The molecule has 17 unspecified atom stereocenters. The number of piperidine rings is 1. The van der Waals surface area contributed by atoms with Gasteiger partial charge in [-0.25, -0.2) is 4.79 Å². The lowest BCUT2D eigenvalue weighted by Crippen LogP contribution is -2.62. The average molecular weight is 1000 g/mol. The molecular formula is C55H88N2O14. The van der Waals surface area contributed by atoms with Gasteiger partial charge in [-0.15, -0.1) is 0 Å². The number of allylic oxidation sites excluding steroid dienone is 4. The number of esters is 1. The first-order valence-electron chi connectivity index (χ1n) is 26.5. The van der Waals surface area contributed by atoms with Crippen LogP contribution in [0.4, 0.5) is 0 Å². The Balaban J connectivity index is 1.45. The average Bonchev–Trinajstić information content (AvgIpc) is 3.86. The fourth-order valence-electron chi connectivity index (χ4n) is 11.5. The van der Waals surface area contributed by atoms with Gasteiger partial charge in [-0.2, -0.15) is 0 Å². The van der Waals surface area contributed by atoms with Crippen LogP contribution in [-0.4, -0.2) is 146 Å². The van der Waals surface area contributed by atoms with Crippen molar-refractivity contribution in [1.29, 1.82) is 0 Å². The molecule has 0 aromatic rings. The summed E-state index contributed by atoms with van der Waals surface area (Å²) >= 11 is 0. The number of nitrogens with one attached hydrogen (secondary N) is 1. The fourth-order valence-corrected chi connectivity index (χ4v) is 11.5. The lowest BCUT2D eigenvalue weighted by Gasteiger charge is -2.43. The van der Waals surface area contributed by atoms with E-state index in [1.807, 2.05) is 32.9 Å². The van der Waals surface area contributed by atoms with Crippen LogP contribution < -0.4 is 5.32 Å². The van der Waals surface area contributed by atoms with Gasteiger partial charge >= 0.3 is 5.97 Å². The summed E-state index contributed by atoms with van der Waals surface area (Å²) in [5, 5.41) is 26.8. The van der Waals surface area contributed by atoms with E-state index in [1.54, 1.807) is 34.0 Å². The predicted molar refractivity (Wildman–Crippen MR) is 266 cm³/mol. The van der Waals surface area contributed by atoms with Crippen molar-refractivity contribution in [2.45, 2.75) is 200 Å². The molecule has 5 aliphatic rings. The number of nitrogens with zero attached hydrogens (tertiary/aromatic N) is 1. The third kappa shape index (κ3) is 15.7. The van der Waals surface area contributed by atoms with Crippen molar-refractivity contribution < 1.29 is 67.3 Å². The summed E-state index contributed by atoms with van der Waals surface area (Å²) in [4.78, 5) is 72.5. The van der Waals surface area contributed by atoms with Crippen LogP contribution in [0.3, 0.4) is 0 Å². The normalized spacial score (nSPS) is 39.8. The highest BCUT2D eigenvalue weighted by atomic mass is 16.6. The molecule has 71 heavy (non-hydrogen) atoms. The quantitative estimate of drug-likeness (QED) is 0.174. The zero-order chi connectivity index (χ0) is 52.2. The van der Waals surface area contributed by atoms with E-state index < -0.39 is 78.0 Å². The summed E-state index contributed by atoms with van der Waals surface area (Å²) in [7, 11) is 4.63. The van der Waals surface area contributed by atoms with Gasteiger partial charge in [-0.1, -0.05) is 65.8 Å². The number of aliphatic hydroxyl groups is 2. The Morgan fingerprint density at radius 3 is 2.31 bits per heavy atom. The van der Waals surface area contributed by atoms with Gasteiger partial charge in [0.1, 0.15) is 30.7 Å². The first-order chi connectivity index (χ1) is 33.7. The van der Waals surface area contributed by atoms with E-state index in [9.17, 15) is 34.2 Å². The third-order valence-electron chi connectivity index (χ3n) is 15.9. The van der Waals surface area contributed by atoms with Gasteiger partial charge in [-0.05, 0) is 126 Å². The largest absolute Gasteiger partial charge is 0.460 e. The number of fused-ring (bicyclic) bond motifs is 3. The third-order valence-corrected chi connectivity index (χ3v) is 15.9. The number of rotatable bonds is 8. The van der Waals surface area contributed by atoms with Crippen molar-refractivity contribution in [3.05, 3.63) is 35.5 Å². The maximum atomic E-state index is 14.5. The highest BCUT2D eigenvalue weighted by Gasteiger charge is 2.53. The Bertz CT molecular complexity index is 1880. The summed E-state index contributed by atoms with van der Waals surface area (Å²) in [5.74, 6) is -7.56. The molecule has 0 radical (unpaired) electrons. The smallest absolute Gasteiger partial charge is 0.329 e. The summed E-state index contributed by atoms with van der Waals surface area (Å²) in [6.07, 6.45) is 9.73. The minimum absolute atomic E-state index is 0.0361. The molecule has 17 atom stereocenters. The van der Waals surface area contributed by atoms with Crippen molar-refractivity contribution in [3.63, 3.8) is 0 Å². The van der Waals surface area contributed by atoms with E-state index >= 15 is 0 Å². The molecule has 4 heterocycles. The maximum Gasteiger partial charge on any atom is 0.329 e. The number of ether oxygens (including phenoxy) is 7. The van der Waals surface area contributed by atoms with Crippen LogP contribution in [-0.2, 0) is 57.1 Å². The van der Waals surface area contributed by atoms with Gasteiger partial charge in [-0.3, -0.25) is 24.5 Å². The van der Waals surface area contributed by atoms with Crippen LogP contribution in [0.1, 0.15) is 139 Å². The Labute approximate surface area is 423 Å². The number of hydrogen-bond acceptors (Lipinski definition) is 15. The summed E-state index contributed by atoms with van der Waals surface area (Å²) in [5.41, 5.74) is 1.14. The van der Waals surface area contributed by atoms with Crippen LogP contribution in [0.15, 0.2) is 35.5 Å². The second-order valence-electron chi connectivity index (χ2n) is 21.8. The van der Waals surface area contributed by atoms with Crippen LogP contribution in [0, 0.1) is 41.4 Å². The monoisotopic (exact) mass is 1000 g/mol. The number of carbonyl (C=O) groups excluding carboxylic acids is 5. The van der Waals surface area contributed by atoms with Crippen LogP contribution in [0.2, 0.25) is 0 Å². The second kappa shape index (κ2) is 27.4. The number of hydrogen-bond donors (Lipinski definition) is 3. The Morgan fingerprint density at radius 2 is 1.63 bits per heavy atom. The molecule has 1 amide bonds. The Kier molecular flexibility index (Phi) is 22.6. The molecule has 402 valence electrons. The number of Topliss-reactive ketones (excluding diaryl/α,β-unsaturated/α-hetero) is 3. The molecule has 0 spiro atoms. The zero-order valence-corrected chi connectivity index (χ0v) is 44.6. The predicted octanol–water partition coefficient (Wildman–Crippen LogP) is 6.58. The molecule has 5 rings (SSSR count). The second-order valence-corrected chi connectivity index (χ2v) is 21.8. The maximum absolute atomic E-state index is 14.5. The van der Waals surface area contributed by atoms with Gasteiger partial charge in [0.15, 0.2) is 11.6 Å². The number of methoxy groups -OCH3 is 3. The number of aliphatic hydroxyl groups excluding tert-OH is 1. The summed E-state index contributed by atoms with van der Waals surface area (Å²) in [6, 6.07) is -1.15. The first kappa shape index (κ1) is 58.7. The van der Waals surface area contributed by atoms with Crippen LogP contribution >= 0.6 is 0 Å². The minimum atomic E-state index is -2.49. The van der Waals surface area contributed by atoms with Crippen molar-refractivity contribution in [2.24, 2.45) is 41.4 Å². The van der Waals surface area contributed by atoms with Crippen molar-refractivity contribution in [3.8, 4) is 0 Å². The highest BCUT2D eigenvalue weighted by Crippen LogP contribution is 2.37. The summed E-state index contributed by atoms with van der Waals surface area (Å²) < 4.78 is 41.8. The molecule has 16 heteroatoms. The van der Waals surface area contributed by atoms with Crippen LogP contribution in [0.25, 0.3) is 0 Å². The SMILES string of the molecule is COC1NC2CCC(C)C(O)(O2)C(=O)C(=O)N2CCCCC2C(=O)OC(C(C)CC2CCC(OC3CCOC3)C(OC)C2)CC(=O)/C(C)=C\C(C)C(O)C(OC)C(=O)C(C)CC(C)CC(C)C=CC=C1C. The van der Waals surface area contributed by atoms with E-state index in [0.717, 1.165) is 31.3 Å². The number of amides is 1. The van der Waals surface area contributed by atoms with E-state index in [0.29, 0.717) is 63.7 Å². The highest BCUT2D eigenvalue weighted by molar-refractivity contribution is 6.39. The minimum Gasteiger partial charge on any atom is -0.460 e. The van der Waals surface area contributed by atoms with Gasteiger partial charge in [0.05, 0.1) is 31.0 Å². The molecule has 1 aliphatic carbocycles. The van der Waals surface area contributed by atoms with E-state index in [4.69, 9.17) is 33.2 Å². The molecule has 0 aromatic carbocycles. The van der Waals surface area contributed by atoms with Crippen molar-refractivity contribution in [2.75, 3.05) is 41.1 Å². The van der Waals surface area contributed by atoms with Crippen molar-refractivity contribution in [1.82, 2.24) is 10.2 Å². The van der Waals surface area contributed by atoms with Gasteiger partial charge in [0, 0.05) is 58.7 Å². The molecule has 2 bridgehead atoms. The molecule has 3 N–H and O–H groups in total. The summed E-state index contributed by atoms with van der Waals surface area (Å²) in [6.45, 7) is 16.3. The molecular weight excluding hydrogens is 913 g/mol. The Morgan fingerprint density at radius 1 is 0.887 bits per heavy atom. The Hall–Kier alpha value is -3.19. The van der Waals surface area contributed by atoms with E-state index in [1.165, 1.54) is 19.1 Å². The molecule has 4 fully saturated rings. The molecule has 4 aliphatic heterocycles. The van der Waals surface area contributed by atoms with Crippen LogP contribution in [0.5, 0.6) is 0 Å². The van der Waals surface area contributed by atoms with Gasteiger partial charge in [0.25, 0.3) is 11.7 Å². The lowest BCUT2D eigenvalue weighted by molar-refractivity contribution is -0.271. The molecule has 16 nitrogen and oxygen atoms in total. The molecule has 1 saturated carbocycles. The topological polar surface area (TPSA) is 206 Å². The van der Waals surface area contributed by atoms with Gasteiger partial charge < -0.3 is 48.3 Å². The van der Waals surface area contributed by atoms with E-state index in [-0.39, 0.29) is 72.9 Å². The number of cyclic esters (lactones) is 1. The molecule has 3 saturated heterocycles. The number of carbonyl (C=O) groups is 5. The van der Waals surface area contributed by atoms with E-state index in [2.05, 4.69) is 25.2 Å². The fraction of sp³-hybridized carbons (Fsp3) is 0.800. The standard InChI is InChI=1S/C55H88N2O14/c1-32-15-14-16-34(3)52(67-11)56-47-21-18-39(8)55(64,71-47)51(61)53(62)57-23-13-12-17-42(57)54(63)70-45(36(5)28-40-19-20-44(46(29-40)65-9)69-41-22-24-68-31-41)30-43(58)35(4)27-38(7)49(60)50(66-10)48(59)37(6)26-33(2)25-32/h14-16,27,32-33,36-42,44-47,49-50,52,56,60,64H,12-13,17-26,28-31H2,1-11H3/b15-14?,34-16?,35-27-. The van der Waals surface area contributed by atoms with Crippen molar-refractivity contribution >= 4 is 29.2 Å². The number of ketones is 3. The van der Waals surface area contributed by atoms with Gasteiger partial charge in [0.2, 0.25) is 5.79 Å². The first-order valence-corrected chi connectivity index (χ1v) is 26.5. The molecule has 0 aromatic heterocycles. The lowest BCUT2D eigenvalue weighted by atomic mass is 9.78.